The Morgan fingerprint density at radius 3 is 2.48 bits per heavy atom. The largest absolute Gasteiger partial charge is 0.306 e. The Labute approximate surface area is 135 Å². The van der Waals surface area contributed by atoms with Crippen LogP contribution in [0.2, 0.25) is 0 Å². The number of nitrogens with zero attached hydrogens (tertiary/aromatic N) is 2. The second-order valence-corrected chi connectivity index (χ2v) is 7.68. The summed E-state index contributed by atoms with van der Waals surface area (Å²) < 4.78 is 23.2. The average Bonchev–Trinajstić information content (AvgIpc) is 2.45. The summed E-state index contributed by atoms with van der Waals surface area (Å²) in [5.41, 5.74) is 1.01. The first-order chi connectivity index (χ1) is 10.7. The summed E-state index contributed by atoms with van der Waals surface area (Å²) in [5.74, 6) is 0.767. The van der Waals surface area contributed by atoms with E-state index in [0.717, 1.165) is 11.9 Å². The Kier molecular flexibility index (Phi) is 4.79. The van der Waals surface area contributed by atoms with Crippen LogP contribution in [0.4, 0.5) is 5.82 Å². The van der Waals surface area contributed by atoms with Crippen LogP contribution in [-0.4, -0.2) is 30.5 Å². The van der Waals surface area contributed by atoms with E-state index < -0.39 is 15.7 Å². The zero-order valence-electron chi connectivity index (χ0n) is 13.5. The second-order valence-electron chi connectivity index (χ2n) is 5.66. The molecule has 23 heavy (non-hydrogen) atoms. The van der Waals surface area contributed by atoms with Crippen molar-refractivity contribution in [1.82, 2.24) is 9.97 Å². The zero-order valence-corrected chi connectivity index (χ0v) is 14.3. The minimum Gasteiger partial charge on any atom is -0.306 e. The van der Waals surface area contributed by atoms with Gasteiger partial charge in [-0.15, -0.1) is 0 Å². The lowest BCUT2D eigenvalue weighted by Gasteiger charge is -2.10. The Hall–Kier alpha value is -2.28. The highest BCUT2D eigenvalue weighted by atomic mass is 32.2. The molecule has 0 saturated carbocycles. The molecule has 2 rings (SSSR count). The van der Waals surface area contributed by atoms with Crippen molar-refractivity contribution in [2.45, 2.75) is 31.6 Å². The molecule has 6 nitrogen and oxygen atoms in total. The van der Waals surface area contributed by atoms with Gasteiger partial charge in [0.15, 0.2) is 9.84 Å². The van der Waals surface area contributed by atoms with Crippen molar-refractivity contribution in [3.05, 3.63) is 47.4 Å². The van der Waals surface area contributed by atoms with E-state index >= 15 is 0 Å². The number of anilines is 1. The number of carbonyl (C=O) groups excluding carboxylic acids is 1. The number of sulfone groups is 1. The average molecular weight is 333 g/mol. The number of hydrogen-bond donors (Lipinski definition) is 1. The van der Waals surface area contributed by atoms with Crippen LogP contribution in [0.3, 0.4) is 0 Å². The van der Waals surface area contributed by atoms with E-state index in [0.29, 0.717) is 11.6 Å². The number of nitrogens with one attached hydrogen (secondary N) is 1. The van der Waals surface area contributed by atoms with Crippen LogP contribution < -0.4 is 5.32 Å². The van der Waals surface area contributed by atoms with Crippen molar-refractivity contribution in [1.29, 1.82) is 0 Å². The van der Waals surface area contributed by atoms with Crippen molar-refractivity contribution in [3.8, 4) is 0 Å². The smallest absolute Gasteiger partial charge is 0.256 e. The molecule has 0 fully saturated rings. The van der Waals surface area contributed by atoms with E-state index in [2.05, 4.69) is 15.3 Å². The second kappa shape index (κ2) is 6.45. The summed E-state index contributed by atoms with van der Waals surface area (Å²) in [5, 5.41) is 2.69. The quantitative estimate of drug-likeness (QED) is 0.929. The predicted octanol–water partition coefficient (Wildman–Crippen LogP) is 2.56. The molecule has 1 N–H and O–H groups in total. The molecule has 0 bridgehead atoms. The van der Waals surface area contributed by atoms with Crippen LogP contribution in [0, 0.1) is 6.92 Å². The number of aromatic nitrogens is 2. The Morgan fingerprint density at radius 1 is 1.17 bits per heavy atom. The first-order valence-corrected chi connectivity index (χ1v) is 9.03. The lowest BCUT2D eigenvalue weighted by Crippen LogP contribution is -2.15. The molecule has 0 aliphatic heterocycles. The summed E-state index contributed by atoms with van der Waals surface area (Å²) >= 11 is 0. The molecule has 1 heterocycles. The van der Waals surface area contributed by atoms with E-state index in [1.54, 1.807) is 12.1 Å². The van der Waals surface area contributed by atoms with Crippen LogP contribution >= 0.6 is 0 Å². The molecule has 7 heteroatoms. The summed E-state index contributed by atoms with van der Waals surface area (Å²) in [7, 11) is -3.36. The molecular formula is C16H19N3O3S. The lowest BCUT2D eigenvalue weighted by atomic mass is 10.2. The Bertz CT molecular complexity index is 845. The molecule has 122 valence electrons. The van der Waals surface area contributed by atoms with Crippen molar-refractivity contribution in [3.63, 3.8) is 0 Å². The fourth-order valence-electron chi connectivity index (χ4n) is 1.97. The summed E-state index contributed by atoms with van der Waals surface area (Å²) in [4.78, 5) is 21.0. The van der Waals surface area contributed by atoms with Crippen molar-refractivity contribution >= 4 is 21.6 Å². The van der Waals surface area contributed by atoms with Gasteiger partial charge in [-0.05, 0) is 25.1 Å². The minimum absolute atomic E-state index is 0.104. The van der Waals surface area contributed by atoms with E-state index in [1.807, 2.05) is 20.8 Å². The normalized spacial score (nSPS) is 11.5. The van der Waals surface area contributed by atoms with Crippen molar-refractivity contribution in [2.75, 3.05) is 11.6 Å². The highest BCUT2D eigenvalue weighted by Crippen LogP contribution is 2.16. The van der Waals surface area contributed by atoms with Crippen LogP contribution in [0.5, 0.6) is 0 Å². The molecule has 0 saturated heterocycles. The monoisotopic (exact) mass is 333 g/mol. The summed E-state index contributed by atoms with van der Waals surface area (Å²) in [6, 6.07) is 7.57. The maximum atomic E-state index is 12.3. The minimum atomic E-state index is -3.36. The first-order valence-electron chi connectivity index (χ1n) is 7.14. The third-order valence-corrected chi connectivity index (χ3v) is 4.26. The van der Waals surface area contributed by atoms with Gasteiger partial charge < -0.3 is 5.32 Å². The van der Waals surface area contributed by atoms with Crippen LogP contribution in [0.15, 0.2) is 35.2 Å². The number of amides is 1. The molecule has 0 unspecified atom stereocenters. The zero-order chi connectivity index (χ0) is 17.2. The molecule has 2 aromatic rings. The highest BCUT2D eigenvalue weighted by Gasteiger charge is 2.13. The first kappa shape index (κ1) is 17.1. The topological polar surface area (TPSA) is 89.0 Å². The van der Waals surface area contributed by atoms with Gasteiger partial charge in [-0.1, -0.05) is 19.9 Å². The Morgan fingerprint density at radius 2 is 1.87 bits per heavy atom. The van der Waals surface area contributed by atoms with Gasteiger partial charge in [-0.3, -0.25) is 4.79 Å². The molecule has 1 aromatic heterocycles. The highest BCUT2D eigenvalue weighted by molar-refractivity contribution is 7.90. The van der Waals surface area contributed by atoms with Crippen LogP contribution in [0.25, 0.3) is 0 Å². The van der Waals surface area contributed by atoms with Crippen molar-refractivity contribution in [2.24, 2.45) is 0 Å². The molecule has 0 aliphatic rings. The number of benzene rings is 1. The molecule has 1 aromatic carbocycles. The van der Waals surface area contributed by atoms with Gasteiger partial charge in [0.25, 0.3) is 5.91 Å². The predicted molar refractivity (Wildman–Crippen MR) is 88.4 cm³/mol. The van der Waals surface area contributed by atoms with Gasteiger partial charge in [0, 0.05) is 29.5 Å². The maximum absolute atomic E-state index is 12.3. The number of hydrogen-bond acceptors (Lipinski definition) is 5. The molecule has 0 radical (unpaired) electrons. The van der Waals surface area contributed by atoms with Gasteiger partial charge in [0.2, 0.25) is 0 Å². The fourth-order valence-corrected chi connectivity index (χ4v) is 2.64. The molecular weight excluding hydrogens is 314 g/mol. The Balaban J connectivity index is 2.30. The van der Waals surface area contributed by atoms with Crippen molar-refractivity contribution < 1.29 is 13.2 Å². The van der Waals surface area contributed by atoms with Gasteiger partial charge in [-0.2, -0.15) is 0 Å². The summed E-state index contributed by atoms with van der Waals surface area (Å²) in [6.45, 7) is 5.76. The van der Waals surface area contributed by atoms with Gasteiger partial charge >= 0.3 is 0 Å². The third-order valence-electron chi connectivity index (χ3n) is 3.15. The molecule has 0 aliphatic carbocycles. The maximum Gasteiger partial charge on any atom is 0.256 e. The molecule has 0 spiro atoms. The standard InChI is InChI=1S/C16H19N3O3S/c1-10(2)15-17-11(3)8-14(18-15)19-16(20)12-6-5-7-13(9-12)23(4,21)22/h5-10H,1-4H3,(H,17,18,19,20). The van der Waals surface area contributed by atoms with Crippen LogP contribution in [-0.2, 0) is 9.84 Å². The van der Waals surface area contributed by atoms with Gasteiger partial charge in [-0.25, -0.2) is 18.4 Å². The number of carbonyl (C=O) groups is 1. The van der Waals surface area contributed by atoms with Gasteiger partial charge in [0.05, 0.1) is 4.90 Å². The van der Waals surface area contributed by atoms with Gasteiger partial charge in [0.1, 0.15) is 11.6 Å². The number of rotatable bonds is 4. The lowest BCUT2D eigenvalue weighted by molar-refractivity contribution is 0.102. The summed E-state index contributed by atoms with van der Waals surface area (Å²) in [6.07, 6.45) is 1.10. The van der Waals surface area contributed by atoms with E-state index in [4.69, 9.17) is 0 Å². The van der Waals surface area contributed by atoms with E-state index in [1.165, 1.54) is 18.2 Å². The molecule has 0 atom stereocenters. The fraction of sp³-hybridized carbons (Fsp3) is 0.312. The van der Waals surface area contributed by atoms with Crippen LogP contribution in [0.1, 0.15) is 41.6 Å². The number of aryl methyl sites for hydroxylation is 1. The SMILES string of the molecule is Cc1cc(NC(=O)c2cccc(S(C)(=O)=O)c2)nc(C(C)C)n1. The van der Waals surface area contributed by atoms with E-state index in [9.17, 15) is 13.2 Å². The third kappa shape index (κ3) is 4.35. The molecule has 1 amide bonds. The van der Waals surface area contributed by atoms with E-state index in [-0.39, 0.29) is 16.4 Å².